The summed E-state index contributed by atoms with van der Waals surface area (Å²) in [5, 5.41) is 3.43. The number of nitrogens with one attached hydrogen (secondary N) is 1. The molecule has 0 saturated carbocycles. The maximum absolute atomic E-state index is 12.2. The van der Waals surface area contributed by atoms with E-state index in [1.165, 1.54) is 11.1 Å². The Balaban J connectivity index is 2.65. The first kappa shape index (κ1) is 10.8. The number of rotatable bonds is 1. The van der Waals surface area contributed by atoms with Crippen LogP contribution >= 0.6 is 0 Å². The Morgan fingerprint density at radius 2 is 2.00 bits per heavy atom. The molecule has 0 spiro atoms. The average molecular weight is 223 g/mol. The maximum Gasteiger partial charge on any atom is 0.0583 e. The molecule has 1 heterocycles. The minimum absolute atomic E-state index is 0.172. The Morgan fingerprint density at radius 1 is 1.33 bits per heavy atom. The summed E-state index contributed by atoms with van der Waals surface area (Å²) in [5.41, 5.74) is 3.63. The van der Waals surface area contributed by atoms with Crippen LogP contribution in [0.2, 0.25) is 0 Å². The summed E-state index contributed by atoms with van der Waals surface area (Å²) in [6.07, 6.45) is 0. The smallest absolute Gasteiger partial charge is 0.0583 e. The normalized spacial score (nSPS) is 29.2. The van der Waals surface area contributed by atoms with Gasteiger partial charge < -0.3 is 5.32 Å². The molecule has 3 heteroatoms. The lowest BCUT2D eigenvalue weighted by Crippen LogP contribution is -2.24. The summed E-state index contributed by atoms with van der Waals surface area (Å²) < 4.78 is 12.2. The van der Waals surface area contributed by atoms with Gasteiger partial charge in [0, 0.05) is 10.9 Å². The van der Waals surface area contributed by atoms with E-state index in [2.05, 4.69) is 31.3 Å². The molecule has 0 aliphatic carbocycles. The van der Waals surface area contributed by atoms with Crippen LogP contribution in [0.5, 0.6) is 0 Å². The first-order chi connectivity index (χ1) is 7.06. The molecule has 0 saturated heterocycles. The van der Waals surface area contributed by atoms with E-state index < -0.39 is 10.8 Å². The number of hydrogen-bond acceptors (Lipinski definition) is 2. The van der Waals surface area contributed by atoms with Gasteiger partial charge in [-0.2, -0.15) is 0 Å². The van der Waals surface area contributed by atoms with E-state index >= 15 is 0 Å². The van der Waals surface area contributed by atoms with Crippen LogP contribution in [-0.2, 0) is 10.8 Å². The SMILES string of the molecule is CNC1c2cc(C)cc(C)c2S(=O)C1C. The van der Waals surface area contributed by atoms with Crippen LogP contribution in [0.25, 0.3) is 0 Å². The zero-order chi connectivity index (χ0) is 11.2. The summed E-state index contributed by atoms with van der Waals surface area (Å²) in [7, 11) is 1.08. The molecule has 1 aromatic rings. The van der Waals surface area contributed by atoms with Gasteiger partial charge in [-0.1, -0.05) is 17.7 Å². The first-order valence-corrected chi connectivity index (χ1v) is 6.46. The minimum atomic E-state index is -0.855. The van der Waals surface area contributed by atoms with Crippen molar-refractivity contribution in [1.29, 1.82) is 0 Å². The summed E-state index contributed by atoms with van der Waals surface area (Å²) in [6, 6.07) is 4.51. The van der Waals surface area contributed by atoms with Gasteiger partial charge in [-0.15, -0.1) is 0 Å². The number of benzene rings is 1. The van der Waals surface area contributed by atoms with Gasteiger partial charge in [0.2, 0.25) is 0 Å². The van der Waals surface area contributed by atoms with Crippen LogP contribution < -0.4 is 5.32 Å². The zero-order valence-electron chi connectivity index (χ0n) is 9.63. The second-order valence-corrected chi connectivity index (χ2v) is 6.02. The molecule has 0 amide bonds. The Hall–Kier alpha value is -0.670. The van der Waals surface area contributed by atoms with Crippen LogP contribution in [0, 0.1) is 13.8 Å². The molecule has 0 fully saturated rings. The second kappa shape index (κ2) is 3.72. The third-order valence-electron chi connectivity index (χ3n) is 3.10. The quantitative estimate of drug-likeness (QED) is 0.789. The fourth-order valence-corrected chi connectivity index (χ4v) is 4.14. The molecular formula is C12H17NOS. The van der Waals surface area contributed by atoms with Crippen molar-refractivity contribution >= 4 is 10.8 Å². The van der Waals surface area contributed by atoms with Gasteiger partial charge in [0.25, 0.3) is 0 Å². The van der Waals surface area contributed by atoms with Crippen molar-refractivity contribution in [3.8, 4) is 0 Å². The molecule has 2 rings (SSSR count). The largest absolute Gasteiger partial charge is 0.312 e. The Kier molecular flexibility index (Phi) is 2.69. The molecule has 82 valence electrons. The van der Waals surface area contributed by atoms with E-state index in [1.54, 1.807) is 0 Å². The van der Waals surface area contributed by atoms with Crippen molar-refractivity contribution in [2.75, 3.05) is 7.05 Å². The summed E-state index contributed by atoms with van der Waals surface area (Å²) >= 11 is 0. The molecule has 0 aromatic heterocycles. The lowest BCUT2D eigenvalue weighted by molar-refractivity contribution is 0.584. The molecule has 2 nitrogen and oxygen atoms in total. The minimum Gasteiger partial charge on any atom is -0.312 e. The van der Waals surface area contributed by atoms with Crippen molar-refractivity contribution in [1.82, 2.24) is 5.32 Å². The van der Waals surface area contributed by atoms with Crippen molar-refractivity contribution in [3.63, 3.8) is 0 Å². The molecule has 15 heavy (non-hydrogen) atoms. The standard InChI is InChI=1S/C12H17NOS/c1-7-5-8(2)12-10(6-7)11(13-4)9(3)15(12)14/h5-6,9,11,13H,1-4H3. The lowest BCUT2D eigenvalue weighted by atomic mass is 10.00. The fraction of sp³-hybridized carbons (Fsp3) is 0.500. The lowest BCUT2D eigenvalue weighted by Gasteiger charge is -2.14. The molecule has 0 bridgehead atoms. The maximum atomic E-state index is 12.2. The van der Waals surface area contributed by atoms with Gasteiger partial charge in [-0.05, 0) is 38.9 Å². The molecule has 0 radical (unpaired) electrons. The highest BCUT2D eigenvalue weighted by molar-refractivity contribution is 7.86. The number of hydrogen-bond donors (Lipinski definition) is 1. The molecule has 1 aliphatic rings. The van der Waals surface area contributed by atoms with Gasteiger partial charge in [-0.25, -0.2) is 0 Å². The van der Waals surface area contributed by atoms with Crippen molar-refractivity contribution in [2.24, 2.45) is 0 Å². The molecule has 1 aromatic carbocycles. The van der Waals surface area contributed by atoms with E-state index in [9.17, 15) is 4.21 Å². The highest BCUT2D eigenvalue weighted by atomic mass is 32.2. The van der Waals surface area contributed by atoms with Crippen molar-refractivity contribution < 1.29 is 4.21 Å². The van der Waals surface area contributed by atoms with E-state index in [4.69, 9.17) is 0 Å². The first-order valence-electron chi connectivity index (χ1n) is 5.25. The Bertz CT molecular complexity index is 428. The highest BCUT2D eigenvalue weighted by Crippen LogP contribution is 2.38. The van der Waals surface area contributed by atoms with Crippen LogP contribution in [0.15, 0.2) is 17.0 Å². The van der Waals surface area contributed by atoms with Crippen molar-refractivity contribution in [3.05, 3.63) is 28.8 Å². The highest BCUT2D eigenvalue weighted by Gasteiger charge is 2.35. The van der Waals surface area contributed by atoms with Gasteiger partial charge >= 0.3 is 0 Å². The molecule has 3 unspecified atom stereocenters. The topological polar surface area (TPSA) is 29.1 Å². The van der Waals surface area contributed by atoms with Crippen LogP contribution in [-0.4, -0.2) is 16.5 Å². The third kappa shape index (κ3) is 1.54. The summed E-state index contributed by atoms with van der Waals surface area (Å²) in [4.78, 5) is 1.05. The van der Waals surface area contributed by atoms with E-state index in [1.807, 2.05) is 14.0 Å². The van der Waals surface area contributed by atoms with E-state index in [0.717, 1.165) is 10.5 Å². The fourth-order valence-electron chi connectivity index (χ4n) is 2.45. The zero-order valence-corrected chi connectivity index (χ0v) is 10.4. The third-order valence-corrected chi connectivity index (χ3v) is 5.01. The van der Waals surface area contributed by atoms with E-state index in [0.29, 0.717) is 0 Å². The van der Waals surface area contributed by atoms with Crippen LogP contribution in [0.4, 0.5) is 0 Å². The van der Waals surface area contributed by atoms with E-state index in [-0.39, 0.29) is 11.3 Å². The number of aryl methyl sites for hydroxylation is 2. The van der Waals surface area contributed by atoms with Crippen LogP contribution in [0.3, 0.4) is 0 Å². The molecule has 3 atom stereocenters. The molecular weight excluding hydrogens is 206 g/mol. The Labute approximate surface area is 93.5 Å². The number of fused-ring (bicyclic) bond motifs is 1. The van der Waals surface area contributed by atoms with Gasteiger partial charge in [0.1, 0.15) is 0 Å². The summed E-state index contributed by atoms with van der Waals surface area (Å²) in [5.74, 6) is 0. The second-order valence-electron chi connectivity index (χ2n) is 4.27. The average Bonchev–Trinajstić information content (AvgIpc) is 2.39. The van der Waals surface area contributed by atoms with Gasteiger partial charge in [0.05, 0.1) is 16.0 Å². The van der Waals surface area contributed by atoms with Gasteiger partial charge in [-0.3, -0.25) is 4.21 Å². The Morgan fingerprint density at radius 3 is 2.60 bits per heavy atom. The molecule has 1 aliphatic heterocycles. The van der Waals surface area contributed by atoms with Crippen molar-refractivity contribution in [2.45, 2.75) is 37.0 Å². The monoisotopic (exact) mass is 223 g/mol. The predicted molar refractivity (Wildman–Crippen MR) is 63.6 cm³/mol. The summed E-state index contributed by atoms with van der Waals surface area (Å²) in [6.45, 7) is 6.19. The van der Waals surface area contributed by atoms with Crippen LogP contribution in [0.1, 0.15) is 29.7 Å². The van der Waals surface area contributed by atoms with Gasteiger partial charge in [0.15, 0.2) is 0 Å². The predicted octanol–water partition coefficient (Wildman–Crippen LogP) is 2.07. The molecule has 1 N–H and O–H groups in total.